The Labute approximate surface area is 156 Å². The van der Waals surface area contributed by atoms with Crippen LogP contribution in [0.1, 0.15) is 26.2 Å². The third-order valence-corrected chi connectivity index (χ3v) is 5.92. The van der Waals surface area contributed by atoms with Gasteiger partial charge in [-0.15, -0.1) is 0 Å². The van der Waals surface area contributed by atoms with Gasteiger partial charge in [-0.25, -0.2) is 13.1 Å². The van der Waals surface area contributed by atoms with E-state index in [9.17, 15) is 13.2 Å². The van der Waals surface area contributed by atoms with Crippen LogP contribution in [0.3, 0.4) is 0 Å². The number of carbonyl (C=O) groups excluding carboxylic acids is 1. The van der Waals surface area contributed by atoms with E-state index in [1.807, 2.05) is 18.9 Å². The minimum absolute atomic E-state index is 0.000182. The molecule has 1 aliphatic rings. The average molecular weight is 384 g/mol. The van der Waals surface area contributed by atoms with Gasteiger partial charge < -0.3 is 15.0 Å². The van der Waals surface area contributed by atoms with Crippen LogP contribution in [-0.4, -0.2) is 59.1 Å². The third-order valence-electron chi connectivity index (χ3n) is 4.44. The van der Waals surface area contributed by atoms with E-state index in [4.69, 9.17) is 4.74 Å². The van der Waals surface area contributed by atoms with Gasteiger partial charge in [0.15, 0.2) is 0 Å². The first-order valence-corrected chi connectivity index (χ1v) is 10.6. The number of ether oxygens (including phenoxy) is 1. The Morgan fingerprint density at radius 1 is 1.31 bits per heavy atom. The predicted molar refractivity (Wildman–Crippen MR) is 101 cm³/mol. The van der Waals surface area contributed by atoms with E-state index in [0.29, 0.717) is 18.3 Å². The van der Waals surface area contributed by atoms with E-state index in [1.165, 1.54) is 12.1 Å². The van der Waals surface area contributed by atoms with Crippen LogP contribution in [0.4, 0.5) is 0 Å². The standard InChI is InChI=1S/C18H29N3O4S/c1-3-25-16-6-8-17(9-7-16)26(23,24)20-11-10-18(22)21-12-4-5-15(14-21)13-19-2/h6-9,15,19-20H,3-5,10-14H2,1-2H3. The molecule has 8 heteroatoms. The molecule has 1 atom stereocenters. The van der Waals surface area contributed by atoms with Crippen molar-refractivity contribution in [3.05, 3.63) is 24.3 Å². The number of nitrogens with one attached hydrogen (secondary N) is 2. The van der Waals surface area contributed by atoms with Crippen molar-refractivity contribution >= 4 is 15.9 Å². The summed E-state index contributed by atoms with van der Waals surface area (Å²) in [5.74, 6) is 1.10. The van der Waals surface area contributed by atoms with Crippen LogP contribution in [-0.2, 0) is 14.8 Å². The number of hydrogen-bond acceptors (Lipinski definition) is 5. The Morgan fingerprint density at radius 3 is 2.69 bits per heavy atom. The van der Waals surface area contributed by atoms with Gasteiger partial charge in [-0.2, -0.15) is 0 Å². The highest BCUT2D eigenvalue weighted by molar-refractivity contribution is 7.89. The highest BCUT2D eigenvalue weighted by Gasteiger charge is 2.23. The van der Waals surface area contributed by atoms with Crippen molar-refractivity contribution in [3.8, 4) is 5.75 Å². The van der Waals surface area contributed by atoms with Gasteiger partial charge in [0.2, 0.25) is 15.9 Å². The van der Waals surface area contributed by atoms with Crippen molar-refractivity contribution in [2.24, 2.45) is 5.92 Å². The number of benzene rings is 1. The van der Waals surface area contributed by atoms with Gasteiger partial charge in [0.25, 0.3) is 0 Å². The minimum atomic E-state index is -3.62. The summed E-state index contributed by atoms with van der Waals surface area (Å²) in [5, 5.41) is 3.15. The van der Waals surface area contributed by atoms with Crippen LogP contribution >= 0.6 is 0 Å². The molecule has 1 fully saturated rings. The quantitative estimate of drug-likeness (QED) is 0.669. The zero-order valence-electron chi connectivity index (χ0n) is 15.5. The van der Waals surface area contributed by atoms with Crippen molar-refractivity contribution in [1.82, 2.24) is 14.9 Å². The molecule has 1 unspecified atom stereocenters. The third kappa shape index (κ3) is 5.96. The first-order chi connectivity index (χ1) is 12.5. The Bertz CT molecular complexity index is 674. The summed E-state index contributed by atoms with van der Waals surface area (Å²) in [6.45, 7) is 4.89. The molecule has 1 aromatic rings. The van der Waals surface area contributed by atoms with E-state index in [1.54, 1.807) is 12.1 Å². The Hall–Kier alpha value is -1.64. The average Bonchev–Trinajstić information content (AvgIpc) is 2.63. The van der Waals surface area contributed by atoms with Crippen molar-refractivity contribution < 1.29 is 17.9 Å². The molecular formula is C18H29N3O4S. The molecule has 0 radical (unpaired) electrons. The minimum Gasteiger partial charge on any atom is -0.494 e. The molecule has 146 valence electrons. The fourth-order valence-electron chi connectivity index (χ4n) is 3.16. The van der Waals surface area contributed by atoms with Crippen LogP contribution in [0.5, 0.6) is 5.75 Å². The molecule has 0 spiro atoms. The second-order valence-corrected chi connectivity index (χ2v) is 8.22. The second kappa shape index (κ2) is 9.89. The lowest BCUT2D eigenvalue weighted by atomic mass is 9.98. The maximum Gasteiger partial charge on any atom is 0.240 e. The summed E-state index contributed by atoms with van der Waals surface area (Å²) >= 11 is 0. The van der Waals surface area contributed by atoms with Gasteiger partial charge in [-0.1, -0.05) is 0 Å². The van der Waals surface area contributed by atoms with Gasteiger partial charge in [0.05, 0.1) is 11.5 Å². The molecular weight excluding hydrogens is 354 g/mol. The number of rotatable bonds is 9. The Morgan fingerprint density at radius 2 is 2.04 bits per heavy atom. The lowest BCUT2D eigenvalue weighted by Crippen LogP contribution is -2.43. The number of amides is 1. The lowest BCUT2D eigenvalue weighted by Gasteiger charge is -2.32. The fourth-order valence-corrected chi connectivity index (χ4v) is 4.19. The highest BCUT2D eigenvalue weighted by atomic mass is 32.2. The van der Waals surface area contributed by atoms with E-state index in [2.05, 4.69) is 10.0 Å². The highest BCUT2D eigenvalue weighted by Crippen LogP contribution is 2.17. The molecule has 1 saturated heterocycles. The van der Waals surface area contributed by atoms with Crippen LogP contribution < -0.4 is 14.8 Å². The fraction of sp³-hybridized carbons (Fsp3) is 0.611. The van der Waals surface area contributed by atoms with Crippen molar-refractivity contribution in [2.45, 2.75) is 31.1 Å². The number of piperidine rings is 1. The van der Waals surface area contributed by atoms with Crippen LogP contribution in [0.15, 0.2) is 29.2 Å². The van der Waals surface area contributed by atoms with Gasteiger partial charge in [0, 0.05) is 26.1 Å². The van der Waals surface area contributed by atoms with Crippen molar-refractivity contribution in [2.75, 3.05) is 39.8 Å². The second-order valence-electron chi connectivity index (χ2n) is 6.46. The van der Waals surface area contributed by atoms with Crippen LogP contribution in [0, 0.1) is 5.92 Å². The molecule has 1 aliphatic heterocycles. The summed E-state index contributed by atoms with van der Waals surface area (Å²) in [5.41, 5.74) is 0. The van der Waals surface area contributed by atoms with Gasteiger partial charge >= 0.3 is 0 Å². The molecule has 2 N–H and O–H groups in total. The summed E-state index contributed by atoms with van der Waals surface area (Å²) < 4.78 is 32.4. The van der Waals surface area contributed by atoms with Crippen molar-refractivity contribution in [1.29, 1.82) is 0 Å². The largest absolute Gasteiger partial charge is 0.494 e. The lowest BCUT2D eigenvalue weighted by molar-refractivity contribution is -0.132. The molecule has 0 bridgehead atoms. The maximum atomic E-state index is 12.3. The SMILES string of the molecule is CCOc1ccc(S(=O)(=O)NCCC(=O)N2CCCC(CNC)C2)cc1. The summed E-state index contributed by atoms with van der Waals surface area (Å²) in [6.07, 6.45) is 2.29. The molecule has 0 saturated carbocycles. The normalized spacial score (nSPS) is 17.9. The number of likely N-dealkylation sites (tertiary alicyclic amines) is 1. The molecule has 7 nitrogen and oxygen atoms in total. The molecule has 1 amide bonds. The first kappa shape index (κ1) is 20.7. The smallest absolute Gasteiger partial charge is 0.240 e. The number of sulfonamides is 1. The van der Waals surface area contributed by atoms with E-state index in [-0.39, 0.29) is 23.8 Å². The molecule has 1 aromatic carbocycles. The topological polar surface area (TPSA) is 87.7 Å². The first-order valence-electron chi connectivity index (χ1n) is 9.11. The zero-order valence-corrected chi connectivity index (χ0v) is 16.3. The van der Waals surface area contributed by atoms with Crippen molar-refractivity contribution in [3.63, 3.8) is 0 Å². The maximum absolute atomic E-state index is 12.3. The van der Waals surface area contributed by atoms with Crippen LogP contribution in [0.2, 0.25) is 0 Å². The van der Waals surface area contributed by atoms with Gasteiger partial charge in [0.1, 0.15) is 5.75 Å². The zero-order chi connectivity index (χ0) is 19.0. The number of carbonyl (C=O) groups is 1. The molecule has 0 aromatic heterocycles. The number of hydrogen-bond donors (Lipinski definition) is 2. The summed E-state index contributed by atoms with van der Waals surface area (Å²) in [6, 6.07) is 6.25. The summed E-state index contributed by atoms with van der Waals surface area (Å²) in [7, 11) is -1.71. The van der Waals surface area contributed by atoms with E-state index >= 15 is 0 Å². The Balaban J connectivity index is 1.82. The molecule has 26 heavy (non-hydrogen) atoms. The molecule has 0 aliphatic carbocycles. The molecule has 1 heterocycles. The Kier molecular flexibility index (Phi) is 7.86. The van der Waals surface area contributed by atoms with E-state index in [0.717, 1.165) is 32.5 Å². The summed E-state index contributed by atoms with van der Waals surface area (Å²) in [4.78, 5) is 14.4. The predicted octanol–water partition coefficient (Wildman–Crippen LogP) is 1.21. The van der Waals surface area contributed by atoms with Gasteiger partial charge in [-0.3, -0.25) is 4.79 Å². The van der Waals surface area contributed by atoms with Gasteiger partial charge in [-0.05, 0) is 63.5 Å². The number of nitrogens with zero attached hydrogens (tertiary/aromatic N) is 1. The van der Waals surface area contributed by atoms with Crippen LogP contribution in [0.25, 0.3) is 0 Å². The molecule has 2 rings (SSSR count). The monoisotopic (exact) mass is 383 g/mol. The van der Waals surface area contributed by atoms with E-state index < -0.39 is 10.0 Å².